The minimum absolute atomic E-state index is 0.750. The molecule has 4 heteroatoms. The molecule has 0 unspecified atom stereocenters. The molecule has 0 saturated carbocycles. The maximum atomic E-state index is 5.45. The normalized spacial score (nSPS) is 11.2. The Morgan fingerprint density at radius 3 is 2.94 bits per heavy atom. The van der Waals surface area contributed by atoms with Crippen LogP contribution in [0, 0.1) is 6.92 Å². The summed E-state index contributed by atoms with van der Waals surface area (Å²) in [5.74, 6) is 1.08. The average Bonchev–Trinajstić information content (AvgIpc) is 2.65. The predicted molar refractivity (Wildman–Crippen MR) is 71.0 cm³/mol. The lowest BCUT2D eigenvalue weighted by atomic mass is 10.3. The lowest BCUT2D eigenvalue weighted by Crippen LogP contribution is -2.23. The summed E-state index contributed by atoms with van der Waals surface area (Å²) in [6, 6.07) is 8.26. The Labute approximate surface area is 102 Å². The van der Waals surface area contributed by atoms with E-state index in [1.807, 2.05) is 6.07 Å². The summed E-state index contributed by atoms with van der Waals surface area (Å²) in [6.45, 7) is 5.71. The van der Waals surface area contributed by atoms with Crippen molar-refractivity contribution in [3.05, 3.63) is 30.1 Å². The number of aromatic nitrogens is 2. The van der Waals surface area contributed by atoms with Gasteiger partial charge in [-0.3, -0.25) is 0 Å². The second-order valence-corrected chi connectivity index (χ2v) is 4.19. The van der Waals surface area contributed by atoms with Crippen LogP contribution in [0.15, 0.2) is 24.3 Å². The Hall–Kier alpha value is -1.39. The molecule has 3 N–H and O–H groups in total. The SMILES string of the molecule is Cc1nc2ccccc2n1CCNCCCN. The van der Waals surface area contributed by atoms with Crippen molar-refractivity contribution in [3.8, 4) is 0 Å². The van der Waals surface area contributed by atoms with Gasteiger partial charge in [-0.25, -0.2) is 4.98 Å². The van der Waals surface area contributed by atoms with Crippen molar-refractivity contribution in [2.24, 2.45) is 5.73 Å². The van der Waals surface area contributed by atoms with Crippen LogP contribution in [0.2, 0.25) is 0 Å². The summed E-state index contributed by atoms with van der Waals surface area (Å²) in [6.07, 6.45) is 1.03. The van der Waals surface area contributed by atoms with E-state index in [0.717, 1.165) is 43.9 Å². The smallest absolute Gasteiger partial charge is 0.106 e. The zero-order valence-corrected chi connectivity index (χ0v) is 10.3. The monoisotopic (exact) mass is 232 g/mol. The quantitative estimate of drug-likeness (QED) is 0.738. The van der Waals surface area contributed by atoms with Gasteiger partial charge in [0.05, 0.1) is 11.0 Å². The first-order valence-corrected chi connectivity index (χ1v) is 6.15. The Morgan fingerprint density at radius 2 is 2.12 bits per heavy atom. The van der Waals surface area contributed by atoms with Gasteiger partial charge in [0.2, 0.25) is 0 Å². The fourth-order valence-corrected chi connectivity index (χ4v) is 2.02. The van der Waals surface area contributed by atoms with Crippen LogP contribution >= 0.6 is 0 Å². The zero-order valence-electron chi connectivity index (χ0n) is 10.3. The second kappa shape index (κ2) is 5.80. The fraction of sp³-hybridized carbons (Fsp3) is 0.462. The summed E-state index contributed by atoms with van der Waals surface area (Å²) in [4.78, 5) is 4.54. The Balaban J connectivity index is 2.00. The van der Waals surface area contributed by atoms with E-state index in [1.165, 1.54) is 5.52 Å². The number of nitrogens with two attached hydrogens (primary N) is 1. The van der Waals surface area contributed by atoms with Gasteiger partial charge in [-0.05, 0) is 38.6 Å². The van der Waals surface area contributed by atoms with Gasteiger partial charge in [-0.2, -0.15) is 0 Å². The van der Waals surface area contributed by atoms with Crippen LogP contribution in [0.3, 0.4) is 0 Å². The lowest BCUT2D eigenvalue weighted by Gasteiger charge is -2.07. The first kappa shape index (κ1) is 12.1. The topological polar surface area (TPSA) is 55.9 Å². The molecule has 17 heavy (non-hydrogen) atoms. The number of rotatable bonds is 6. The zero-order chi connectivity index (χ0) is 12.1. The highest BCUT2D eigenvalue weighted by atomic mass is 15.1. The van der Waals surface area contributed by atoms with Crippen LogP contribution in [0.4, 0.5) is 0 Å². The summed E-state index contributed by atoms with van der Waals surface area (Å²) in [5, 5.41) is 3.39. The molecule has 4 nitrogen and oxygen atoms in total. The predicted octanol–water partition coefficient (Wildman–Crippen LogP) is 1.28. The number of hydrogen-bond donors (Lipinski definition) is 2. The molecule has 0 amide bonds. The number of nitrogens with one attached hydrogen (secondary N) is 1. The number of benzene rings is 1. The van der Waals surface area contributed by atoms with Crippen molar-refractivity contribution < 1.29 is 0 Å². The van der Waals surface area contributed by atoms with E-state index in [2.05, 4.69) is 40.0 Å². The molecular weight excluding hydrogens is 212 g/mol. The van der Waals surface area contributed by atoms with Crippen molar-refractivity contribution in [1.82, 2.24) is 14.9 Å². The average molecular weight is 232 g/mol. The van der Waals surface area contributed by atoms with Crippen molar-refractivity contribution in [3.63, 3.8) is 0 Å². The lowest BCUT2D eigenvalue weighted by molar-refractivity contribution is 0.586. The van der Waals surface area contributed by atoms with E-state index < -0.39 is 0 Å². The molecule has 0 aliphatic heterocycles. The molecule has 2 aromatic rings. The highest BCUT2D eigenvalue weighted by molar-refractivity contribution is 5.75. The van der Waals surface area contributed by atoms with E-state index >= 15 is 0 Å². The largest absolute Gasteiger partial charge is 0.330 e. The van der Waals surface area contributed by atoms with Gasteiger partial charge >= 0.3 is 0 Å². The molecular formula is C13H20N4. The van der Waals surface area contributed by atoms with E-state index in [9.17, 15) is 0 Å². The molecule has 0 aliphatic carbocycles. The van der Waals surface area contributed by atoms with E-state index in [1.54, 1.807) is 0 Å². The third kappa shape index (κ3) is 2.84. The molecule has 0 spiro atoms. The molecule has 2 rings (SSSR count). The van der Waals surface area contributed by atoms with Crippen LogP contribution < -0.4 is 11.1 Å². The molecule has 1 aromatic heterocycles. The van der Waals surface area contributed by atoms with Crippen LogP contribution in [-0.2, 0) is 6.54 Å². The van der Waals surface area contributed by atoms with Crippen LogP contribution in [0.1, 0.15) is 12.2 Å². The van der Waals surface area contributed by atoms with Gasteiger partial charge in [-0.15, -0.1) is 0 Å². The third-order valence-corrected chi connectivity index (χ3v) is 2.92. The van der Waals surface area contributed by atoms with E-state index in [4.69, 9.17) is 5.73 Å². The van der Waals surface area contributed by atoms with Crippen molar-refractivity contribution in [2.75, 3.05) is 19.6 Å². The highest BCUT2D eigenvalue weighted by Crippen LogP contribution is 2.14. The van der Waals surface area contributed by atoms with E-state index in [-0.39, 0.29) is 0 Å². The van der Waals surface area contributed by atoms with Gasteiger partial charge in [0.25, 0.3) is 0 Å². The number of aryl methyl sites for hydroxylation is 1. The maximum absolute atomic E-state index is 5.45. The molecule has 0 bridgehead atoms. The van der Waals surface area contributed by atoms with Crippen LogP contribution in [0.25, 0.3) is 11.0 Å². The van der Waals surface area contributed by atoms with Gasteiger partial charge in [0.1, 0.15) is 5.82 Å². The Morgan fingerprint density at radius 1 is 1.29 bits per heavy atom. The standard InChI is InChI=1S/C13H20N4/c1-11-16-12-5-2-3-6-13(12)17(11)10-9-15-8-4-7-14/h2-3,5-6,15H,4,7-10,14H2,1H3. The van der Waals surface area contributed by atoms with Gasteiger partial charge in [0.15, 0.2) is 0 Å². The summed E-state index contributed by atoms with van der Waals surface area (Å²) < 4.78 is 2.25. The van der Waals surface area contributed by atoms with Gasteiger partial charge < -0.3 is 15.6 Å². The van der Waals surface area contributed by atoms with Gasteiger partial charge in [0, 0.05) is 13.1 Å². The number of para-hydroxylation sites is 2. The van der Waals surface area contributed by atoms with Crippen molar-refractivity contribution in [1.29, 1.82) is 0 Å². The molecule has 0 saturated heterocycles. The minimum Gasteiger partial charge on any atom is -0.330 e. The maximum Gasteiger partial charge on any atom is 0.106 e. The molecule has 92 valence electrons. The van der Waals surface area contributed by atoms with Gasteiger partial charge in [-0.1, -0.05) is 12.1 Å². The Bertz CT molecular complexity index is 475. The first-order valence-electron chi connectivity index (χ1n) is 6.15. The molecule has 0 fully saturated rings. The molecule has 0 aliphatic rings. The summed E-state index contributed by atoms with van der Waals surface area (Å²) >= 11 is 0. The van der Waals surface area contributed by atoms with Crippen molar-refractivity contribution in [2.45, 2.75) is 19.9 Å². The van der Waals surface area contributed by atoms with Crippen LogP contribution in [0.5, 0.6) is 0 Å². The molecule has 1 heterocycles. The highest BCUT2D eigenvalue weighted by Gasteiger charge is 2.05. The summed E-state index contributed by atoms with van der Waals surface area (Å²) in [7, 11) is 0. The first-order chi connectivity index (χ1) is 8.33. The number of hydrogen-bond acceptors (Lipinski definition) is 3. The molecule has 0 radical (unpaired) electrons. The van der Waals surface area contributed by atoms with Crippen molar-refractivity contribution >= 4 is 11.0 Å². The fourth-order valence-electron chi connectivity index (χ4n) is 2.02. The van der Waals surface area contributed by atoms with Crippen LogP contribution in [-0.4, -0.2) is 29.2 Å². The number of nitrogens with zero attached hydrogens (tertiary/aromatic N) is 2. The minimum atomic E-state index is 0.750. The molecule has 0 atom stereocenters. The second-order valence-electron chi connectivity index (χ2n) is 4.19. The third-order valence-electron chi connectivity index (χ3n) is 2.92. The number of imidazole rings is 1. The Kier molecular flexibility index (Phi) is 4.12. The number of fused-ring (bicyclic) bond motifs is 1. The molecule has 1 aromatic carbocycles. The summed E-state index contributed by atoms with van der Waals surface area (Å²) in [5.41, 5.74) is 7.74. The van der Waals surface area contributed by atoms with E-state index in [0.29, 0.717) is 0 Å².